The third-order valence-corrected chi connectivity index (χ3v) is 13.1. The van der Waals surface area contributed by atoms with Gasteiger partial charge in [-0.25, -0.2) is 0 Å². The fraction of sp³-hybridized carbons (Fsp3) is 0.0164. The molecular formula is C61H42N2. The third-order valence-electron chi connectivity index (χ3n) is 13.1. The minimum absolute atomic E-state index is 0.758. The van der Waals surface area contributed by atoms with Gasteiger partial charge in [0.25, 0.3) is 0 Å². The van der Waals surface area contributed by atoms with E-state index in [1.54, 1.807) is 0 Å². The molecule has 0 saturated carbocycles. The second kappa shape index (κ2) is 15.1. The van der Waals surface area contributed by atoms with Crippen molar-refractivity contribution < 1.29 is 0 Å². The number of hydrogen-bond donors (Lipinski definition) is 1. The van der Waals surface area contributed by atoms with Crippen LogP contribution >= 0.6 is 0 Å². The molecular weight excluding hydrogens is 761 g/mol. The maximum atomic E-state index is 3.97. The zero-order valence-corrected chi connectivity index (χ0v) is 34.6. The number of anilines is 5. The average molecular weight is 803 g/mol. The molecule has 0 fully saturated rings. The molecule has 296 valence electrons. The van der Waals surface area contributed by atoms with Crippen LogP contribution in [-0.4, -0.2) is 0 Å². The zero-order valence-electron chi connectivity index (χ0n) is 34.6. The van der Waals surface area contributed by atoms with E-state index in [2.05, 4.69) is 259 Å². The molecule has 12 rings (SSSR count). The highest BCUT2D eigenvalue weighted by atomic mass is 15.2. The Balaban J connectivity index is 1.22. The maximum Gasteiger partial charge on any atom is 0.0783 e. The van der Waals surface area contributed by atoms with Crippen LogP contribution in [0.5, 0.6) is 0 Å². The Kier molecular flexibility index (Phi) is 8.76. The van der Waals surface area contributed by atoms with Crippen molar-refractivity contribution in [2.45, 2.75) is 5.41 Å². The molecule has 0 aromatic heterocycles. The van der Waals surface area contributed by atoms with Crippen molar-refractivity contribution in [3.8, 4) is 55.6 Å². The minimum Gasteiger partial charge on any atom is -0.355 e. The molecule has 2 heteroatoms. The summed E-state index contributed by atoms with van der Waals surface area (Å²) in [6.07, 6.45) is 0. The van der Waals surface area contributed by atoms with Crippen molar-refractivity contribution in [2.24, 2.45) is 0 Å². The van der Waals surface area contributed by atoms with Gasteiger partial charge in [0.15, 0.2) is 0 Å². The molecule has 2 aliphatic rings. The summed E-state index contributed by atoms with van der Waals surface area (Å²) >= 11 is 0. The summed E-state index contributed by atoms with van der Waals surface area (Å²) in [5.74, 6) is 0. The van der Waals surface area contributed by atoms with Crippen molar-refractivity contribution in [1.29, 1.82) is 0 Å². The molecule has 2 heterocycles. The zero-order chi connectivity index (χ0) is 41.7. The highest BCUT2D eigenvalue weighted by Crippen LogP contribution is 2.63. The lowest BCUT2D eigenvalue weighted by atomic mass is 9.59. The SMILES string of the molecule is c1ccc(-c2ccc(N3c4ccc(-c5ccccc5)cc4C4(c5cc(-c6ccccc6)ccc5Nc5ccc(-c6ccccc6)cc54)c4cc(-c5ccccc5)ccc43)cc2)cc1. The summed E-state index contributed by atoms with van der Waals surface area (Å²) in [4.78, 5) is 2.50. The van der Waals surface area contributed by atoms with E-state index in [-0.39, 0.29) is 0 Å². The molecule has 63 heavy (non-hydrogen) atoms. The predicted octanol–water partition coefficient (Wildman–Crippen LogP) is 16.2. The van der Waals surface area contributed by atoms with Gasteiger partial charge in [-0.1, -0.05) is 188 Å². The van der Waals surface area contributed by atoms with Gasteiger partial charge in [0.1, 0.15) is 0 Å². The quantitative estimate of drug-likeness (QED) is 0.180. The van der Waals surface area contributed by atoms with Crippen LogP contribution in [0.3, 0.4) is 0 Å². The molecule has 0 amide bonds. The van der Waals surface area contributed by atoms with Crippen LogP contribution in [0.4, 0.5) is 28.4 Å². The predicted molar refractivity (Wildman–Crippen MR) is 263 cm³/mol. The Morgan fingerprint density at radius 1 is 0.254 bits per heavy atom. The Bertz CT molecular complexity index is 3090. The smallest absolute Gasteiger partial charge is 0.0783 e. The van der Waals surface area contributed by atoms with Gasteiger partial charge in [-0.2, -0.15) is 0 Å². The molecule has 2 nitrogen and oxygen atoms in total. The average Bonchev–Trinajstić information content (AvgIpc) is 3.37. The highest BCUT2D eigenvalue weighted by Gasteiger charge is 2.51. The molecule has 0 atom stereocenters. The largest absolute Gasteiger partial charge is 0.355 e. The molecule has 10 aromatic rings. The second-order valence-corrected chi connectivity index (χ2v) is 16.6. The van der Waals surface area contributed by atoms with Gasteiger partial charge < -0.3 is 10.2 Å². The molecule has 0 aliphatic carbocycles. The van der Waals surface area contributed by atoms with Gasteiger partial charge in [-0.15, -0.1) is 0 Å². The van der Waals surface area contributed by atoms with Gasteiger partial charge in [0.05, 0.1) is 16.8 Å². The van der Waals surface area contributed by atoms with E-state index in [9.17, 15) is 0 Å². The van der Waals surface area contributed by atoms with E-state index >= 15 is 0 Å². The third kappa shape index (κ3) is 6.10. The van der Waals surface area contributed by atoms with Crippen molar-refractivity contribution in [3.63, 3.8) is 0 Å². The number of rotatable bonds is 6. The highest BCUT2D eigenvalue weighted by molar-refractivity contribution is 5.97. The minimum atomic E-state index is -0.758. The Morgan fingerprint density at radius 3 is 0.905 bits per heavy atom. The fourth-order valence-electron chi connectivity index (χ4n) is 10.1. The number of benzene rings is 10. The first kappa shape index (κ1) is 36.6. The van der Waals surface area contributed by atoms with E-state index in [1.165, 1.54) is 77.9 Å². The molecule has 1 N–H and O–H groups in total. The molecule has 10 aromatic carbocycles. The second-order valence-electron chi connectivity index (χ2n) is 16.6. The summed E-state index contributed by atoms with van der Waals surface area (Å²) in [5, 5.41) is 3.97. The van der Waals surface area contributed by atoms with E-state index in [4.69, 9.17) is 0 Å². The number of fused-ring (bicyclic) bond motifs is 8. The summed E-state index contributed by atoms with van der Waals surface area (Å²) in [5.41, 5.74) is 21.6. The first-order valence-electron chi connectivity index (χ1n) is 21.7. The topological polar surface area (TPSA) is 15.3 Å². The molecule has 0 saturated heterocycles. The first-order valence-corrected chi connectivity index (χ1v) is 21.7. The normalized spacial score (nSPS) is 13.0. The van der Waals surface area contributed by atoms with Gasteiger partial charge in [-0.3, -0.25) is 0 Å². The Hall–Kier alpha value is -8.20. The van der Waals surface area contributed by atoms with Crippen LogP contribution in [0.2, 0.25) is 0 Å². The van der Waals surface area contributed by atoms with Crippen LogP contribution in [-0.2, 0) is 5.41 Å². The van der Waals surface area contributed by atoms with Crippen LogP contribution in [0.15, 0.2) is 249 Å². The number of hydrogen-bond acceptors (Lipinski definition) is 2. The first-order chi connectivity index (χ1) is 31.2. The lowest BCUT2D eigenvalue weighted by Gasteiger charge is -2.50. The Morgan fingerprint density at radius 2 is 0.540 bits per heavy atom. The maximum absolute atomic E-state index is 3.97. The molecule has 0 bridgehead atoms. The van der Waals surface area contributed by atoms with Gasteiger partial charge in [0.2, 0.25) is 0 Å². The van der Waals surface area contributed by atoms with E-state index in [0.717, 1.165) is 28.4 Å². The molecule has 2 aliphatic heterocycles. The molecule has 0 radical (unpaired) electrons. The van der Waals surface area contributed by atoms with Gasteiger partial charge in [-0.05, 0) is 139 Å². The van der Waals surface area contributed by atoms with Crippen molar-refractivity contribution in [1.82, 2.24) is 0 Å². The van der Waals surface area contributed by atoms with E-state index < -0.39 is 5.41 Å². The summed E-state index contributed by atoms with van der Waals surface area (Å²) in [6.45, 7) is 0. The number of nitrogens with one attached hydrogen (secondary N) is 1. The standard InChI is InChI=1S/C61H42N2/c1-6-16-42(17-7-1)47-26-32-52(33-27-47)63-59-36-30-50(45-22-12-4-13-23-45)40-55(59)61(56-41-51(31-37-60(56)63)46-24-14-5-15-25-46)53-38-48(43-18-8-2-9-19-43)28-34-57(53)62-58-35-29-49(39-54(58)61)44-20-10-3-11-21-44/h1-41,62H. The summed E-state index contributed by atoms with van der Waals surface area (Å²) in [6, 6.07) is 91.3. The number of nitrogens with zero attached hydrogens (tertiary/aromatic N) is 1. The summed E-state index contributed by atoms with van der Waals surface area (Å²) in [7, 11) is 0. The van der Waals surface area contributed by atoms with E-state index in [0.29, 0.717) is 0 Å². The Labute approximate surface area is 369 Å². The van der Waals surface area contributed by atoms with Crippen molar-refractivity contribution in [2.75, 3.05) is 10.2 Å². The van der Waals surface area contributed by atoms with Crippen LogP contribution in [0.1, 0.15) is 22.3 Å². The van der Waals surface area contributed by atoms with E-state index in [1.807, 2.05) is 0 Å². The molecule has 1 spiro atoms. The monoisotopic (exact) mass is 802 g/mol. The van der Waals surface area contributed by atoms with Crippen molar-refractivity contribution >= 4 is 28.4 Å². The van der Waals surface area contributed by atoms with Crippen molar-refractivity contribution in [3.05, 3.63) is 271 Å². The lowest BCUT2D eigenvalue weighted by molar-refractivity contribution is 0.728. The van der Waals surface area contributed by atoms with Gasteiger partial charge in [0, 0.05) is 17.1 Å². The van der Waals surface area contributed by atoms with Gasteiger partial charge >= 0.3 is 0 Å². The molecule has 0 unspecified atom stereocenters. The fourth-order valence-corrected chi connectivity index (χ4v) is 10.1. The van der Waals surface area contributed by atoms with Crippen LogP contribution in [0, 0.1) is 0 Å². The van der Waals surface area contributed by atoms with Crippen LogP contribution in [0.25, 0.3) is 55.6 Å². The summed E-state index contributed by atoms with van der Waals surface area (Å²) < 4.78 is 0. The lowest BCUT2D eigenvalue weighted by Crippen LogP contribution is -2.40. The van der Waals surface area contributed by atoms with Crippen LogP contribution < -0.4 is 10.2 Å².